The van der Waals surface area contributed by atoms with E-state index in [2.05, 4.69) is 21.2 Å². The molecule has 0 radical (unpaired) electrons. The van der Waals surface area contributed by atoms with Gasteiger partial charge in [0.15, 0.2) is 6.61 Å². The Kier molecular flexibility index (Phi) is 9.44. The second-order valence-electron chi connectivity index (χ2n) is 8.15. The molecule has 1 N–H and O–H groups in total. The lowest BCUT2D eigenvalue weighted by molar-refractivity contribution is -0.143. The van der Waals surface area contributed by atoms with Crippen molar-refractivity contribution in [1.29, 1.82) is 0 Å². The number of hydrogen-bond acceptors (Lipinski definition) is 4. The van der Waals surface area contributed by atoms with Crippen molar-refractivity contribution in [2.75, 3.05) is 13.7 Å². The molecule has 178 valence electrons. The molecule has 0 aromatic heterocycles. The molecule has 1 unspecified atom stereocenters. The van der Waals surface area contributed by atoms with Gasteiger partial charge in [0.25, 0.3) is 5.91 Å². The molecule has 0 heterocycles. The van der Waals surface area contributed by atoms with Crippen molar-refractivity contribution in [3.63, 3.8) is 0 Å². The first-order valence-electron chi connectivity index (χ1n) is 11.2. The van der Waals surface area contributed by atoms with Crippen LogP contribution in [0, 0.1) is 0 Å². The molecule has 3 rings (SSSR count). The van der Waals surface area contributed by atoms with Gasteiger partial charge in [0.1, 0.15) is 17.5 Å². The fraction of sp³-hybridized carbons (Fsp3) is 0.440. The van der Waals surface area contributed by atoms with Gasteiger partial charge in [-0.15, -0.1) is 0 Å². The normalized spacial score (nSPS) is 14.5. The van der Waals surface area contributed by atoms with E-state index in [1.807, 2.05) is 31.2 Å². The predicted molar refractivity (Wildman–Crippen MR) is 133 cm³/mol. The third-order valence-corrected chi connectivity index (χ3v) is 6.70. The number of nitrogens with zero attached hydrogens (tertiary/aromatic N) is 1. The van der Waals surface area contributed by atoms with Gasteiger partial charge in [-0.1, -0.05) is 43.5 Å². The van der Waals surface area contributed by atoms with E-state index in [1.54, 1.807) is 30.2 Å². The number of carbonyl (C=O) groups excluding carboxylic acids is 2. The number of hydrogen-bond donors (Lipinski definition) is 1. The Morgan fingerprint density at radius 1 is 1.18 bits per heavy atom. The molecule has 0 aliphatic heterocycles. The van der Waals surface area contributed by atoms with Gasteiger partial charge >= 0.3 is 0 Å². The van der Waals surface area contributed by atoms with E-state index < -0.39 is 6.04 Å². The minimum Gasteiger partial charge on any atom is -0.497 e. The highest BCUT2D eigenvalue weighted by Gasteiger charge is 2.31. The molecule has 0 saturated heterocycles. The van der Waals surface area contributed by atoms with Crippen molar-refractivity contribution in [3.8, 4) is 11.5 Å². The molecular formula is C25H30BrClN2O4. The molecule has 0 spiro atoms. The predicted octanol–water partition coefficient (Wildman–Crippen LogP) is 5.36. The van der Waals surface area contributed by atoms with E-state index in [4.69, 9.17) is 21.1 Å². The first-order chi connectivity index (χ1) is 15.9. The van der Waals surface area contributed by atoms with Crippen molar-refractivity contribution >= 4 is 39.3 Å². The molecule has 1 aliphatic carbocycles. The van der Waals surface area contributed by atoms with Gasteiger partial charge in [0, 0.05) is 17.6 Å². The second-order valence-corrected chi connectivity index (χ2v) is 9.44. The Balaban J connectivity index is 1.77. The lowest BCUT2D eigenvalue weighted by atomic mass is 10.1. The van der Waals surface area contributed by atoms with Gasteiger partial charge in [-0.2, -0.15) is 0 Å². The monoisotopic (exact) mass is 536 g/mol. The molecule has 8 heteroatoms. The molecule has 33 heavy (non-hydrogen) atoms. The Morgan fingerprint density at radius 2 is 1.88 bits per heavy atom. The van der Waals surface area contributed by atoms with E-state index in [-0.39, 0.29) is 24.5 Å². The van der Waals surface area contributed by atoms with Crippen LogP contribution in [0.15, 0.2) is 46.9 Å². The standard InChI is InChI=1S/C25H30BrClN2O4/c1-3-22(25(31)28-19-6-4-5-7-19)29(15-17-8-11-20(32-2)12-9-17)24(30)16-33-23-13-10-18(27)14-21(23)26/h8-14,19,22H,3-7,15-16H2,1-2H3,(H,28,31). The average Bonchev–Trinajstić information content (AvgIpc) is 3.31. The van der Waals surface area contributed by atoms with Crippen LogP contribution in [0.3, 0.4) is 0 Å². The van der Waals surface area contributed by atoms with Crippen molar-refractivity contribution in [2.45, 2.75) is 57.7 Å². The Labute approximate surface area is 208 Å². The number of carbonyl (C=O) groups is 2. The largest absolute Gasteiger partial charge is 0.497 e. The second kappa shape index (κ2) is 12.3. The number of nitrogens with one attached hydrogen (secondary N) is 1. The quantitative estimate of drug-likeness (QED) is 0.443. The van der Waals surface area contributed by atoms with E-state index in [0.29, 0.717) is 28.2 Å². The highest BCUT2D eigenvalue weighted by Crippen LogP contribution is 2.28. The van der Waals surface area contributed by atoms with Crippen LogP contribution >= 0.6 is 27.5 Å². The molecule has 6 nitrogen and oxygen atoms in total. The minimum atomic E-state index is -0.586. The smallest absolute Gasteiger partial charge is 0.261 e. The Morgan fingerprint density at radius 3 is 2.48 bits per heavy atom. The molecule has 1 fully saturated rings. The van der Waals surface area contributed by atoms with Crippen LogP contribution in [-0.4, -0.2) is 42.5 Å². The molecule has 2 aromatic rings. The van der Waals surface area contributed by atoms with Gasteiger partial charge in [0.2, 0.25) is 5.91 Å². The highest BCUT2D eigenvalue weighted by molar-refractivity contribution is 9.10. The summed E-state index contributed by atoms with van der Waals surface area (Å²) in [5.74, 6) is 0.874. The SMILES string of the molecule is CCC(C(=O)NC1CCCC1)N(Cc1ccc(OC)cc1)C(=O)COc1ccc(Cl)cc1Br. The summed E-state index contributed by atoms with van der Waals surface area (Å²) in [6, 6.07) is 12.2. The zero-order valence-electron chi connectivity index (χ0n) is 19.0. The van der Waals surface area contributed by atoms with E-state index in [0.717, 1.165) is 37.0 Å². The molecule has 2 amide bonds. The van der Waals surface area contributed by atoms with Crippen LogP contribution in [-0.2, 0) is 16.1 Å². The zero-order valence-corrected chi connectivity index (χ0v) is 21.3. The third kappa shape index (κ3) is 7.11. The number of methoxy groups -OCH3 is 1. The summed E-state index contributed by atoms with van der Waals surface area (Å²) in [7, 11) is 1.61. The number of amides is 2. The summed E-state index contributed by atoms with van der Waals surface area (Å²) in [5.41, 5.74) is 0.906. The average molecular weight is 538 g/mol. The summed E-state index contributed by atoms with van der Waals surface area (Å²) in [4.78, 5) is 28.1. The van der Waals surface area contributed by atoms with Crippen LogP contribution < -0.4 is 14.8 Å². The summed E-state index contributed by atoms with van der Waals surface area (Å²) in [5, 5.41) is 3.71. The fourth-order valence-electron chi connectivity index (χ4n) is 4.03. The summed E-state index contributed by atoms with van der Waals surface area (Å²) < 4.78 is 11.7. The Hall–Kier alpha value is -2.25. The van der Waals surface area contributed by atoms with Gasteiger partial charge < -0.3 is 19.7 Å². The number of benzene rings is 2. The first-order valence-corrected chi connectivity index (χ1v) is 12.4. The summed E-state index contributed by atoms with van der Waals surface area (Å²) in [6.07, 6.45) is 4.73. The van der Waals surface area contributed by atoms with Gasteiger partial charge in [0.05, 0.1) is 11.6 Å². The number of rotatable bonds is 10. The number of halogens is 2. The zero-order chi connectivity index (χ0) is 23.8. The van der Waals surface area contributed by atoms with Crippen molar-refractivity contribution in [2.24, 2.45) is 0 Å². The summed E-state index contributed by atoms with van der Waals surface area (Å²) >= 11 is 9.40. The molecule has 1 atom stereocenters. The maximum atomic E-state index is 13.3. The van der Waals surface area contributed by atoms with Gasteiger partial charge in [-0.25, -0.2) is 0 Å². The van der Waals surface area contributed by atoms with Crippen molar-refractivity contribution in [1.82, 2.24) is 10.2 Å². The minimum absolute atomic E-state index is 0.112. The topological polar surface area (TPSA) is 67.9 Å². The molecule has 1 saturated carbocycles. The molecule has 1 aliphatic rings. The van der Waals surface area contributed by atoms with Crippen molar-refractivity contribution in [3.05, 3.63) is 57.5 Å². The molecular weight excluding hydrogens is 508 g/mol. The lowest BCUT2D eigenvalue weighted by Gasteiger charge is -2.31. The van der Waals surface area contributed by atoms with Crippen LogP contribution in [0.1, 0.15) is 44.6 Å². The molecule has 2 aromatic carbocycles. The third-order valence-electron chi connectivity index (χ3n) is 5.84. The maximum Gasteiger partial charge on any atom is 0.261 e. The molecule has 0 bridgehead atoms. The van der Waals surface area contributed by atoms with Gasteiger partial charge in [-0.3, -0.25) is 9.59 Å². The van der Waals surface area contributed by atoms with E-state index >= 15 is 0 Å². The maximum absolute atomic E-state index is 13.3. The van der Waals surface area contributed by atoms with Crippen LogP contribution in [0.2, 0.25) is 5.02 Å². The van der Waals surface area contributed by atoms with Crippen LogP contribution in [0.25, 0.3) is 0 Å². The lowest BCUT2D eigenvalue weighted by Crippen LogP contribution is -2.52. The van der Waals surface area contributed by atoms with Crippen LogP contribution in [0.5, 0.6) is 11.5 Å². The summed E-state index contributed by atoms with van der Waals surface area (Å²) in [6.45, 7) is 2.03. The first kappa shape index (κ1) is 25.4. The van der Waals surface area contributed by atoms with E-state index in [9.17, 15) is 9.59 Å². The van der Waals surface area contributed by atoms with E-state index in [1.165, 1.54) is 0 Å². The Bertz CT molecular complexity index is 948. The van der Waals surface area contributed by atoms with Crippen LogP contribution in [0.4, 0.5) is 0 Å². The number of ether oxygens (including phenoxy) is 2. The fourth-order valence-corrected chi connectivity index (χ4v) is 4.83. The highest BCUT2D eigenvalue weighted by atomic mass is 79.9. The van der Waals surface area contributed by atoms with Gasteiger partial charge in [-0.05, 0) is 71.1 Å². The van der Waals surface area contributed by atoms with Crippen molar-refractivity contribution < 1.29 is 19.1 Å².